The first-order chi connectivity index (χ1) is 10.1. The van der Waals surface area contributed by atoms with Crippen LogP contribution in [0.1, 0.15) is 11.4 Å². The molecule has 3 rings (SSSR count). The van der Waals surface area contributed by atoms with Gasteiger partial charge in [-0.2, -0.15) is 0 Å². The average molecular weight is 372 g/mol. The largest absolute Gasteiger partial charge is 0.322 e. The molecule has 108 valence electrons. The monoisotopic (exact) mass is 370 g/mol. The molecule has 0 saturated carbocycles. The number of aromatic nitrogens is 2. The molecule has 0 fully saturated rings. The lowest BCUT2D eigenvalue weighted by Gasteiger charge is -2.08. The molecule has 0 unspecified atom stereocenters. The van der Waals surface area contributed by atoms with E-state index in [1.54, 1.807) is 12.1 Å². The minimum absolute atomic E-state index is 0.198. The van der Waals surface area contributed by atoms with Gasteiger partial charge in [-0.05, 0) is 39.7 Å². The van der Waals surface area contributed by atoms with E-state index in [0.717, 1.165) is 11.1 Å². The van der Waals surface area contributed by atoms with Crippen LogP contribution in [0, 0.1) is 11.6 Å². The highest BCUT2D eigenvalue weighted by Crippen LogP contribution is 2.25. The molecule has 2 nitrogen and oxygen atoms in total. The number of benzene rings is 2. The quantitative estimate of drug-likeness (QED) is 0.601. The predicted molar refractivity (Wildman–Crippen MR) is 82.5 cm³/mol. The molecular formula is C15H10BrClF2N2. The molecule has 0 bridgehead atoms. The molecule has 0 amide bonds. The highest BCUT2D eigenvalue weighted by atomic mass is 79.9. The van der Waals surface area contributed by atoms with E-state index in [1.165, 1.54) is 18.2 Å². The molecule has 1 aromatic heterocycles. The van der Waals surface area contributed by atoms with Crippen LogP contribution in [-0.2, 0) is 12.4 Å². The van der Waals surface area contributed by atoms with Crippen LogP contribution in [0.3, 0.4) is 0 Å². The number of nitrogens with zero attached hydrogens (tertiary/aromatic N) is 2. The van der Waals surface area contributed by atoms with Crippen LogP contribution in [0.5, 0.6) is 0 Å². The molecule has 3 aromatic rings. The third kappa shape index (κ3) is 2.80. The summed E-state index contributed by atoms with van der Waals surface area (Å²) in [6.07, 6.45) is 0. The number of hydrogen-bond acceptors (Lipinski definition) is 1. The lowest BCUT2D eigenvalue weighted by atomic mass is 10.2. The number of hydrogen-bond donors (Lipinski definition) is 0. The SMILES string of the molecule is Fc1cccc(Cn2c(CCl)nc3cc(F)c(Br)cc32)c1. The zero-order valence-corrected chi connectivity index (χ0v) is 13.1. The van der Waals surface area contributed by atoms with Gasteiger partial charge < -0.3 is 4.57 Å². The minimum atomic E-state index is -0.376. The molecule has 0 aliphatic carbocycles. The summed E-state index contributed by atoms with van der Waals surface area (Å²) in [5.41, 5.74) is 2.08. The van der Waals surface area contributed by atoms with Crippen LogP contribution < -0.4 is 0 Å². The number of imidazole rings is 1. The van der Waals surface area contributed by atoms with Crippen molar-refractivity contribution in [2.45, 2.75) is 12.4 Å². The highest BCUT2D eigenvalue weighted by Gasteiger charge is 2.13. The van der Waals surface area contributed by atoms with E-state index in [4.69, 9.17) is 11.6 Å². The van der Waals surface area contributed by atoms with Gasteiger partial charge in [0.15, 0.2) is 0 Å². The minimum Gasteiger partial charge on any atom is -0.322 e. The van der Waals surface area contributed by atoms with Gasteiger partial charge in [-0.3, -0.25) is 0 Å². The lowest BCUT2D eigenvalue weighted by molar-refractivity contribution is 0.622. The van der Waals surface area contributed by atoms with Crippen molar-refractivity contribution in [3.8, 4) is 0 Å². The zero-order valence-electron chi connectivity index (χ0n) is 10.8. The molecule has 0 aliphatic rings. The molecule has 0 saturated heterocycles. The summed E-state index contributed by atoms with van der Waals surface area (Å²) in [6, 6.07) is 9.35. The summed E-state index contributed by atoms with van der Waals surface area (Å²) in [7, 11) is 0. The fourth-order valence-electron chi connectivity index (χ4n) is 2.27. The Morgan fingerprint density at radius 3 is 2.71 bits per heavy atom. The highest BCUT2D eigenvalue weighted by molar-refractivity contribution is 9.10. The van der Waals surface area contributed by atoms with Gasteiger partial charge >= 0.3 is 0 Å². The smallest absolute Gasteiger partial charge is 0.139 e. The summed E-state index contributed by atoms with van der Waals surface area (Å²) in [6.45, 7) is 0.425. The third-order valence-electron chi connectivity index (χ3n) is 3.22. The summed E-state index contributed by atoms with van der Waals surface area (Å²) in [4.78, 5) is 4.33. The molecule has 0 spiro atoms. The van der Waals surface area contributed by atoms with E-state index >= 15 is 0 Å². The second-order valence-corrected chi connectivity index (χ2v) is 5.75. The van der Waals surface area contributed by atoms with E-state index < -0.39 is 0 Å². The van der Waals surface area contributed by atoms with Crippen molar-refractivity contribution in [1.82, 2.24) is 9.55 Å². The Kier molecular flexibility index (Phi) is 3.95. The van der Waals surface area contributed by atoms with Crippen LogP contribution in [0.4, 0.5) is 8.78 Å². The third-order valence-corrected chi connectivity index (χ3v) is 4.07. The van der Waals surface area contributed by atoms with Gasteiger partial charge in [-0.15, -0.1) is 11.6 Å². The Labute approximate surface area is 133 Å². The fourth-order valence-corrected chi connectivity index (χ4v) is 2.80. The maximum Gasteiger partial charge on any atom is 0.139 e. The van der Waals surface area contributed by atoms with Crippen molar-refractivity contribution < 1.29 is 8.78 Å². The van der Waals surface area contributed by atoms with Crippen molar-refractivity contribution >= 4 is 38.6 Å². The second-order valence-electron chi connectivity index (χ2n) is 4.63. The lowest BCUT2D eigenvalue weighted by Crippen LogP contribution is -2.04. The maximum atomic E-state index is 13.6. The van der Waals surface area contributed by atoms with E-state index in [0.29, 0.717) is 22.4 Å². The van der Waals surface area contributed by atoms with Gasteiger partial charge in [0.2, 0.25) is 0 Å². The average Bonchev–Trinajstić information content (AvgIpc) is 2.77. The topological polar surface area (TPSA) is 17.8 Å². The molecule has 21 heavy (non-hydrogen) atoms. The molecular weight excluding hydrogens is 362 g/mol. The Morgan fingerprint density at radius 1 is 1.19 bits per heavy atom. The van der Waals surface area contributed by atoms with Crippen molar-refractivity contribution in [3.63, 3.8) is 0 Å². The maximum absolute atomic E-state index is 13.6. The molecule has 6 heteroatoms. The number of halogens is 4. The van der Waals surface area contributed by atoms with Crippen LogP contribution in [0.2, 0.25) is 0 Å². The van der Waals surface area contributed by atoms with Crippen LogP contribution in [0.15, 0.2) is 40.9 Å². The normalized spacial score (nSPS) is 11.2. The zero-order chi connectivity index (χ0) is 15.0. The van der Waals surface area contributed by atoms with Gasteiger partial charge in [0.05, 0.1) is 21.4 Å². The Balaban J connectivity index is 2.14. The van der Waals surface area contributed by atoms with Gasteiger partial charge in [0, 0.05) is 12.6 Å². The second kappa shape index (κ2) is 5.73. The van der Waals surface area contributed by atoms with Crippen molar-refractivity contribution in [2.24, 2.45) is 0 Å². The molecule has 0 radical (unpaired) electrons. The predicted octanol–water partition coefficient (Wildman–Crippen LogP) is 4.86. The Morgan fingerprint density at radius 2 is 2.00 bits per heavy atom. The van der Waals surface area contributed by atoms with E-state index in [2.05, 4.69) is 20.9 Å². The summed E-state index contributed by atoms with van der Waals surface area (Å²) < 4.78 is 29.1. The van der Waals surface area contributed by atoms with Crippen molar-refractivity contribution in [3.05, 3.63) is 63.9 Å². The standard InChI is InChI=1S/C15H10BrClF2N2/c16-11-5-14-13(6-12(11)19)20-15(7-17)21(14)8-9-2-1-3-10(18)4-9/h1-6H,7-8H2. The first-order valence-corrected chi connectivity index (χ1v) is 7.56. The summed E-state index contributed by atoms with van der Waals surface area (Å²) in [5.74, 6) is 0.146. The number of fused-ring (bicyclic) bond motifs is 1. The van der Waals surface area contributed by atoms with E-state index in [1.807, 2.05) is 10.6 Å². The molecule has 0 N–H and O–H groups in total. The van der Waals surface area contributed by atoms with Crippen LogP contribution in [0.25, 0.3) is 11.0 Å². The van der Waals surface area contributed by atoms with Gasteiger partial charge in [-0.1, -0.05) is 12.1 Å². The van der Waals surface area contributed by atoms with Crippen LogP contribution >= 0.6 is 27.5 Å². The Hall–Kier alpha value is -1.46. The van der Waals surface area contributed by atoms with E-state index in [-0.39, 0.29) is 17.5 Å². The first kappa shape index (κ1) is 14.5. The van der Waals surface area contributed by atoms with Crippen LogP contribution in [-0.4, -0.2) is 9.55 Å². The fraction of sp³-hybridized carbons (Fsp3) is 0.133. The van der Waals surface area contributed by atoms with E-state index in [9.17, 15) is 8.78 Å². The first-order valence-electron chi connectivity index (χ1n) is 6.23. The number of alkyl halides is 1. The molecule has 0 aliphatic heterocycles. The van der Waals surface area contributed by atoms with Gasteiger partial charge in [0.1, 0.15) is 17.5 Å². The summed E-state index contributed by atoms with van der Waals surface area (Å²) >= 11 is 9.09. The molecule has 1 heterocycles. The molecule has 2 aromatic carbocycles. The van der Waals surface area contributed by atoms with Gasteiger partial charge in [-0.25, -0.2) is 13.8 Å². The van der Waals surface area contributed by atoms with Crippen molar-refractivity contribution in [2.75, 3.05) is 0 Å². The molecule has 0 atom stereocenters. The number of rotatable bonds is 3. The van der Waals surface area contributed by atoms with Crippen molar-refractivity contribution in [1.29, 1.82) is 0 Å². The summed E-state index contributed by atoms with van der Waals surface area (Å²) in [5, 5.41) is 0. The van der Waals surface area contributed by atoms with Gasteiger partial charge in [0.25, 0.3) is 0 Å². The Bertz CT molecular complexity index is 817.